The molecular formula is C31H39N5O4. The zero-order valence-corrected chi connectivity index (χ0v) is 23.1. The predicted octanol–water partition coefficient (Wildman–Crippen LogP) is 4.10. The largest absolute Gasteiger partial charge is 0.485 e. The van der Waals surface area contributed by atoms with E-state index >= 15 is 0 Å². The van der Waals surface area contributed by atoms with Crippen LogP contribution in [-0.2, 0) is 19.6 Å². The molecule has 3 N–H and O–H groups in total. The van der Waals surface area contributed by atoms with E-state index in [0.29, 0.717) is 30.5 Å². The molecule has 212 valence electrons. The van der Waals surface area contributed by atoms with Crippen LogP contribution in [0, 0.1) is 18.8 Å². The summed E-state index contributed by atoms with van der Waals surface area (Å²) in [5.74, 6) is 3.72. The molecule has 1 aliphatic heterocycles. The molecule has 2 fully saturated rings. The number of aromatic nitrogens is 2. The summed E-state index contributed by atoms with van der Waals surface area (Å²) in [4.78, 5) is 23.4. The Morgan fingerprint density at radius 1 is 1.25 bits per heavy atom. The van der Waals surface area contributed by atoms with Gasteiger partial charge in [-0.2, -0.15) is 0 Å². The lowest BCUT2D eigenvalue weighted by Crippen LogP contribution is -2.44. The number of nitrogens with zero attached hydrogens (tertiary/aromatic N) is 3. The smallest absolute Gasteiger partial charge is 0.251 e. The van der Waals surface area contributed by atoms with Crippen LogP contribution >= 0.6 is 0 Å². The highest BCUT2D eigenvalue weighted by molar-refractivity contribution is 5.94. The van der Waals surface area contributed by atoms with Crippen molar-refractivity contribution in [3.63, 3.8) is 0 Å². The summed E-state index contributed by atoms with van der Waals surface area (Å²) in [6, 6.07) is 8.12. The molecule has 0 spiro atoms. The Labute approximate surface area is 235 Å². The fraction of sp³-hybridized carbons (Fsp3) is 0.516. The van der Waals surface area contributed by atoms with Gasteiger partial charge < -0.3 is 24.9 Å². The zero-order chi connectivity index (χ0) is 27.5. The van der Waals surface area contributed by atoms with E-state index in [4.69, 9.17) is 9.15 Å². The zero-order valence-electron chi connectivity index (χ0n) is 23.1. The van der Waals surface area contributed by atoms with Crippen LogP contribution in [0.1, 0.15) is 64.9 Å². The van der Waals surface area contributed by atoms with Crippen LogP contribution in [0.15, 0.2) is 47.5 Å². The number of ether oxygens (including phenoxy) is 1. The lowest BCUT2D eigenvalue weighted by atomic mass is 9.64. The van der Waals surface area contributed by atoms with Gasteiger partial charge in [0, 0.05) is 44.0 Å². The standard InChI is InChI=1S/C31H39N5O4/c1-20-26-10-12-36(16-23(26)5-8-29(20)39-18-25-15-32-19-40-25)17-24(37)14-34-31(38)22-9-11-33-30(13-22)35-28-7-6-27(28)21-3-2-4-21/h5,8-9,11,13,15,19,21,24,27-28,37H,2-4,6-7,10,12,14,16-18H2,1H3,(H,33,35)(H,34,38). The number of hydrogen-bond donors (Lipinski definition) is 3. The number of amides is 1. The number of aliphatic hydroxyl groups excluding tert-OH is 1. The third-order valence-electron chi connectivity index (χ3n) is 8.98. The van der Waals surface area contributed by atoms with Crippen LogP contribution in [0.2, 0.25) is 0 Å². The van der Waals surface area contributed by atoms with E-state index in [1.807, 2.05) is 12.1 Å². The number of carbonyl (C=O) groups is 1. The topological polar surface area (TPSA) is 113 Å². The number of rotatable bonds is 11. The molecule has 3 unspecified atom stereocenters. The minimum atomic E-state index is -0.659. The number of nitrogens with one attached hydrogen (secondary N) is 2. The summed E-state index contributed by atoms with van der Waals surface area (Å²) in [5.41, 5.74) is 4.26. The van der Waals surface area contributed by atoms with Crippen molar-refractivity contribution in [1.82, 2.24) is 20.2 Å². The maximum atomic E-state index is 12.8. The molecule has 3 atom stereocenters. The van der Waals surface area contributed by atoms with Crippen molar-refractivity contribution in [2.45, 2.75) is 70.7 Å². The highest BCUT2D eigenvalue weighted by Gasteiger charge is 2.39. The van der Waals surface area contributed by atoms with Gasteiger partial charge in [0.2, 0.25) is 0 Å². The first-order valence-corrected chi connectivity index (χ1v) is 14.6. The summed E-state index contributed by atoms with van der Waals surface area (Å²) in [6.45, 7) is 4.73. The molecule has 0 saturated heterocycles. The van der Waals surface area contributed by atoms with Gasteiger partial charge >= 0.3 is 0 Å². The van der Waals surface area contributed by atoms with Gasteiger partial charge in [-0.15, -0.1) is 0 Å². The van der Waals surface area contributed by atoms with E-state index in [-0.39, 0.29) is 12.5 Å². The third-order valence-corrected chi connectivity index (χ3v) is 8.98. The lowest BCUT2D eigenvalue weighted by molar-refractivity contribution is 0.0841. The van der Waals surface area contributed by atoms with E-state index < -0.39 is 6.10 Å². The van der Waals surface area contributed by atoms with Crippen molar-refractivity contribution >= 4 is 11.7 Å². The second-order valence-corrected chi connectivity index (χ2v) is 11.5. The lowest BCUT2D eigenvalue weighted by Gasteiger charge is -2.46. The van der Waals surface area contributed by atoms with Crippen molar-refractivity contribution in [3.8, 4) is 5.75 Å². The number of benzene rings is 1. The van der Waals surface area contributed by atoms with Crippen molar-refractivity contribution in [1.29, 1.82) is 0 Å². The molecule has 40 heavy (non-hydrogen) atoms. The number of β-amino-alcohol motifs (C(OH)–C–C–N with tert-alkyl or cyclic N) is 1. The quantitative estimate of drug-likeness (QED) is 0.330. The number of anilines is 1. The Morgan fingerprint density at radius 2 is 2.15 bits per heavy atom. The highest BCUT2D eigenvalue weighted by atomic mass is 16.5. The van der Waals surface area contributed by atoms with Gasteiger partial charge in [0.25, 0.3) is 5.91 Å². The fourth-order valence-electron chi connectivity index (χ4n) is 6.31. The van der Waals surface area contributed by atoms with Crippen molar-refractivity contribution < 1.29 is 19.1 Å². The molecule has 6 rings (SSSR count). The van der Waals surface area contributed by atoms with E-state index in [2.05, 4.69) is 38.5 Å². The molecule has 0 radical (unpaired) electrons. The van der Waals surface area contributed by atoms with Crippen molar-refractivity contribution in [3.05, 3.63) is 71.1 Å². The second-order valence-electron chi connectivity index (χ2n) is 11.5. The maximum Gasteiger partial charge on any atom is 0.251 e. The van der Waals surface area contributed by atoms with Gasteiger partial charge in [-0.05, 0) is 72.9 Å². The minimum absolute atomic E-state index is 0.189. The Morgan fingerprint density at radius 3 is 2.90 bits per heavy atom. The Balaban J connectivity index is 0.967. The van der Waals surface area contributed by atoms with Crippen molar-refractivity contribution in [2.24, 2.45) is 11.8 Å². The minimum Gasteiger partial charge on any atom is -0.485 e. The normalized spacial score (nSPS) is 21.6. The van der Waals surface area contributed by atoms with Gasteiger partial charge in [0.05, 0.1) is 12.3 Å². The predicted molar refractivity (Wildman–Crippen MR) is 151 cm³/mol. The Kier molecular flexibility index (Phi) is 8.02. The van der Waals surface area contributed by atoms with Gasteiger partial charge in [0.15, 0.2) is 12.2 Å². The van der Waals surface area contributed by atoms with Crippen LogP contribution in [0.25, 0.3) is 0 Å². The van der Waals surface area contributed by atoms with E-state index in [1.54, 1.807) is 18.5 Å². The fourth-order valence-corrected chi connectivity index (χ4v) is 6.31. The Hall–Kier alpha value is -3.43. The van der Waals surface area contributed by atoms with Crippen LogP contribution < -0.4 is 15.4 Å². The molecular weight excluding hydrogens is 506 g/mol. The van der Waals surface area contributed by atoms with Crippen LogP contribution in [0.5, 0.6) is 5.75 Å². The summed E-state index contributed by atoms with van der Waals surface area (Å²) in [6.07, 6.45) is 11.5. The molecule has 3 aromatic rings. The van der Waals surface area contributed by atoms with Crippen LogP contribution in [0.3, 0.4) is 0 Å². The summed E-state index contributed by atoms with van der Waals surface area (Å²) >= 11 is 0. The van der Waals surface area contributed by atoms with Gasteiger partial charge in [0.1, 0.15) is 18.2 Å². The average Bonchev–Trinajstić information content (AvgIpc) is 3.45. The number of pyridine rings is 1. The van der Waals surface area contributed by atoms with Crippen LogP contribution in [-0.4, -0.2) is 57.7 Å². The van der Waals surface area contributed by atoms with E-state index in [1.165, 1.54) is 49.6 Å². The van der Waals surface area contributed by atoms with Gasteiger partial charge in [-0.25, -0.2) is 9.97 Å². The number of hydrogen-bond acceptors (Lipinski definition) is 8. The summed E-state index contributed by atoms with van der Waals surface area (Å²) in [7, 11) is 0. The SMILES string of the molecule is Cc1c(OCc2cnco2)ccc2c1CCN(CC(O)CNC(=O)c1ccnc(NC3CCC3C3CCC3)c1)C2. The van der Waals surface area contributed by atoms with Gasteiger partial charge in [-0.3, -0.25) is 9.69 Å². The molecule has 0 bridgehead atoms. The molecule has 1 aromatic carbocycles. The number of aliphatic hydroxyl groups is 1. The highest BCUT2D eigenvalue weighted by Crippen LogP contribution is 2.44. The summed E-state index contributed by atoms with van der Waals surface area (Å²) in [5, 5.41) is 17.2. The van der Waals surface area contributed by atoms with E-state index in [9.17, 15) is 9.90 Å². The molecule has 1 amide bonds. The molecule has 2 aliphatic carbocycles. The van der Waals surface area contributed by atoms with Gasteiger partial charge in [-0.1, -0.05) is 25.3 Å². The molecule has 3 heterocycles. The first-order valence-electron chi connectivity index (χ1n) is 14.6. The third kappa shape index (κ3) is 6.00. The van der Waals surface area contributed by atoms with Crippen LogP contribution in [0.4, 0.5) is 5.82 Å². The first-order chi connectivity index (χ1) is 19.5. The molecule has 2 aromatic heterocycles. The number of carbonyl (C=O) groups excluding carboxylic acids is 1. The number of fused-ring (bicyclic) bond motifs is 1. The number of oxazole rings is 1. The maximum absolute atomic E-state index is 12.8. The monoisotopic (exact) mass is 545 g/mol. The molecule has 3 aliphatic rings. The molecule has 9 nitrogen and oxygen atoms in total. The first kappa shape index (κ1) is 26.8. The summed E-state index contributed by atoms with van der Waals surface area (Å²) < 4.78 is 11.2. The Bertz CT molecular complexity index is 1310. The van der Waals surface area contributed by atoms with Crippen molar-refractivity contribution in [2.75, 3.05) is 25.0 Å². The average molecular weight is 546 g/mol. The molecule has 9 heteroatoms. The second kappa shape index (κ2) is 12.0. The molecule has 2 saturated carbocycles. The van der Waals surface area contributed by atoms with E-state index in [0.717, 1.165) is 48.5 Å².